The average Bonchev–Trinajstić information content (AvgIpc) is 2.55. The molecule has 0 aliphatic rings. The molecule has 0 saturated heterocycles. The monoisotopic (exact) mass is 516 g/mol. The third-order valence-electron chi connectivity index (χ3n) is 3.70. The van der Waals surface area contributed by atoms with Crippen molar-refractivity contribution in [1.82, 2.24) is 0 Å². The SMILES string of the molecule is CC(CC(F)(C(=O)OCc1cc(F)c(N)c(F)c1)C(=O)OC(C)(C)C)C(N)I. The second-order valence-corrected chi connectivity index (χ2v) is 8.92. The lowest BCUT2D eigenvalue weighted by molar-refractivity contribution is -0.184. The number of benzene rings is 1. The summed E-state index contributed by atoms with van der Waals surface area (Å²) in [7, 11) is 0. The van der Waals surface area contributed by atoms with Crippen LogP contribution in [0.25, 0.3) is 0 Å². The lowest BCUT2D eigenvalue weighted by Crippen LogP contribution is -2.49. The van der Waals surface area contributed by atoms with Crippen LogP contribution in [0, 0.1) is 17.6 Å². The Labute approximate surface area is 175 Å². The first-order valence-electron chi connectivity index (χ1n) is 8.40. The molecule has 0 bridgehead atoms. The van der Waals surface area contributed by atoms with Crippen LogP contribution in [-0.4, -0.2) is 27.3 Å². The van der Waals surface area contributed by atoms with Crippen molar-refractivity contribution in [3.8, 4) is 0 Å². The van der Waals surface area contributed by atoms with Gasteiger partial charge in [0, 0.05) is 6.42 Å². The van der Waals surface area contributed by atoms with Crippen LogP contribution in [0.5, 0.6) is 0 Å². The molecule has 1 aromatic carbocycles. The van der Waals surface area contributed by atoms with E-state index in [1.54, 1.807) is 6.92 Å². The van der Waals surface area contributed by atoms with Crippen LogP contribution in [-0.2, 0) is 25.7 Å². The molecule has 3 unspecified atom stereocenters. The predicted octanol–water partition coefficient (Wildman–Crippen LogP) is 3.39. The molecule has 0 aromatic heterocycles. The van der Waals surface area contributed by atoms with Crippen molar-refractivity contribution < 1.29 is 32.2 Å². The highest BCUT2D eigenvalue weighted by atomic mass is 127. The zero-order valence-electron chi connectivity index (χ0n) is 16.0. The first-order chi connectivity index (χ1) is 12.7. The quantitative estimate of drug-likeness (QED) is 0.144. The van der Waals surface area contributed by atoms with Gasteiger partial charge in [0.2, 0.25) is 0 Å². The van der Waals surface area contributed by atoms with E-state index in [9.17, 15) is 18.4 Å². The molecule has 4 N–H and O–H groups in total. The maximum absolute atomic E-state index is 15.5. The van der Waals surface area contributed by atoms with Crippen LogP contribution >= 0.6 is 22.6 Å². The van der Waals surface area contributed by atoms with E-state index in [1.807, 2.05) is 22.6 Å². The maximum Gasteiger partial charge on any atom is 0.356 e. The number of carbonyl (C=O) groups is 2. The van der Waals surface area contributed by atoms with Crippen LogP contribution in [0.4, 0.5) is 18.9 Å². The van der Waals surface area contributed by atoms with Crippen molar-refractivity contribution in [2.24, 2.45) is 11.7 Å². The van der Waals surface area contributed by atoms with Gasteiger partial charge < -0.3 is 20.9 Å². The minimum absolute atomic E-state index is 0.0947. The van der Waals surface area contributed by atoms with Crippen LogP contribution in [0.15, 0.2) is 12.1 Å². The number of nitrogen functional groups attached to an aromatic ring is 1. The molecule has 0 heterocycles. The molecule has 0 spiro atoms. The van der Waals surface area contributed by atoms with Crippen LogP contribution in [0.3, 0.4) is 0 Å². The summed E-state index contributed by atoms with van der Waals surface area (Å²) in [4.78, 5) is 24.8. The highest BCUT2D eigenvalue weighted by Gasteiger charge is 2.52. The van der Waals surface area contributed by atoms with E-state index in [0.717, 1.165) is 12.1 Å². The molecule has 0 amide bonds. The van der Waals surface area contributed by atoms with Crippen LogP contribution in [0.1, 0.15) is 39.7 Å². The first-order valence-corrected chi connectivity index (χ1v) is 9.64. The van der Waals surface area contributed by atoms with Gasteiger partial charge in [-0.3, -0.25) is 0 Å². The van der Waals surface area contributed by atoms with Crippen molar-refractivity contribution in [3.05, 3.63) is 29.3 Å². The van der Waals surface area contributed by atoms with Crippen molar-refractivity contribution in [1.29, 1.82) is 0 Å². The fraction of sp³-hybridized carbons (Fsp3) is 0.556. The molecule has 0 saturated carbocycles. The maximum atomic E-state index is 15.5. The molecule has 0 fully saturated rings. The number of alkyl halides is 2. The zero-order chi connectivity index (χ0) is 21.9. The van der Waals surface area contributed by atoms with Crippen molar-refractivity contribution in [3.63, 3.8) is 0 Å². The molecule has 3 atom stereocenters. The van der Waals surface area contributed by atoms with Gasteiger partial charge in [-0.05, 0) is 44.4 Å². The van der Waals surface area contributed by atoms with Crippen molar-refractivity contribution in [2.45, 2.75) is 56.0 Å². The van der Waals surface area contributed by atoms with Gasteiger partial charge in [0.05, 0.1) is 4.05 Å². The number of hydrogen-bond donors (Lipinski definition) is 2. The summed E-state index contributed by atoms with van der Waals surface area (Å²) < 4.78 is 51.8. The average molecular weight is 516 g/mol. The summed E-state index contributed by atoms with van der Waals surface area (Å²) in [6.07, 6.45) is -0.574. The molecule has 0 aliphatic heterocycles. The third-order valence-corrected chi connectivity index (χ3v) is 4.93. The Hall–Kier alpha value is -1.56. The topological polar surface area (TPSA) is 105 Å². The molecule has 0 aliphatic carbocycles. The summed E-state index contributed by atoms with van der Waals surface area (Å²) in [5.74, 6) is -5.60. The number of ether oxygens (including phenoxy) is 2. The molecule has 10 heteroatoms. The number of anilines is 1. The third kappa shape index (κ3) is 6.50. The summed E-state index contributed by atoms with van der Waals surface area (Å²) in [5, 5.41) is 0. The van der Waals surface area contributed by atoms with E-state index in [2.05, 4.69) is 0 Å². The Balaban J connectivity index is 3.05. The molecule has 6 nitrogen and oxygen atoms in total. The largest absolute Gasteiger partial charge is 0.458 e. The molecular formula is C18H24F3IN2O4. The summed E-state index contributed by atoms with van der Waals surface area (Å²) in [5.41, 5.74) is 5.92. The van der Waals surface area contributed by atoms with E-state index >= 15 is 4.39 Å². The van der Waals surface area contributed by atoms with Gasteiger partial charge in [0.1, 0.15) is 29.5 Å². The predicted molar refractivity (Wildman–Crippen MR) is 106 cm³/mol. The Bertz CT molecular complexity index is 717. The smallest absolute Gasteiger partial charge is 0.356 e. The highest BCUT2D eigenvalue weighted by Crippen LogP contribution is 2.30. The van der Waals surface area contributed by atoms with E-state index in [0.29, 0.717) is 0 Å². The minimum Gasteiger partial charge on any atom is -0.458 e. The van der Waals surface area contributed by atoms with Crippen LogP contribution < -0.4 is 11.5 Å². The van der Waals surface area contributed by atoms with E-state index in [4.69, 9.17) is 20.9 Å². The number of hydrogen-bond acceptors (Lipinski definition) is 6. The van der Waals surface area contributed by atoms with E-state index in [1.165, 1.54) is 20.8 Å². The zero-order valence-corrected chi connectivity index (χ0v) is 18.2. The standard InChI is InChI=1S/C18H24F3IN2O4/c1-9(14(22)24)7-18(21,16(26)28-17(2,3)4)15(25)27-8-10-5-11(19)13(23)12(20)6-10/h5-6,9,14H,7-8,23-24H2,1-4H3. The van der Waals surface area contributed by atoms with Gasteiger partial charge in [-0.15, -0.1) is 0 Å². The normalized spacial score (nSPS) is 16.0. The number of rotatable bonds is 7. The fourth-order valence-corrected chi connectivity index (χ4v) is 2.40. The minimum atomic E-state index is -3.12. The summed E-state index contributed by atoms with van der Waals surface area (Å²) in [6, 6.07) is 1.70. The molecule has 1 aromatic rings. The Morgan fingerprint density at radius 2 is 1.68 bits per heavy atom. The van der Waals surface area contributed by atoms with Crippen molar-refractivity contribution in [2.75, 3.05) is 5.73 Å². The van der Waals surface area contributed by atoms with E-state index in [-0.39, 0.29) is 5.56 Å². The second kappa shape index (κ2) is 9.29. The fourth-order valence-electron chi connectivity index (χ4n) is 2.15. The van der Waals surface area contributed by atoms with Gasteiger partial charge in [0.15, 0.2) is 0 Å². The molecule has 0 radical (unpaired) electrons. The van der Waals surface area contributed by atoms with E-state index < -0.39 is 63.5 Å². The summed E-state index contributed by atoms with van der Waals surface area (Å²) in [6.45, 7) is 5.46. The van der Waals surface area contributed by atoms with Crippen LogP contribution in [0.2, 0.25) is 0 Å². The second-order valence-electron chi connectivity index (χ2n) is 7.48. The van der Waals surface area contributed by atoms with Gasteiger partial charge >= 0.3 is 17.6 Å². The lowest BCUT2D eigenvalue weighted by atomic mass is 9.92. The number of carbonyl (C=O) groups excluding carboxylic acids is 2. The van der Waals surface area contributed by atoms with Gasteiger partial charge in [-0.25, -0.2) is 22.8 Å². The summed E-state index contributed by atoms with van der Waals surface area (Å²) >= 11 is 1.84. The van der Waals surface area contributed by atoms with Crippen molar-refractivity contribution >= 4 is 40.2 Å². The number of nitrogens with two attached hydrogens (primary N) is 2. The molecular weight excluding hydrogens is 492 g/mol. The lowest BCUT2D eigenvalue weighted by Gasteiger charge is -2.29. The Morgan fingerprint density at radius 3 is 2.11 bits per heavy atom. The van der Waals surface area contributed by atoms with Gasteiger partial charge in [-0.1, -0.05) is 29.5 Å². The molecule has 158 valence electrons. The van der Waals surface area contributed by atoms with Gasteiger partial charge in [-0.2, -0.15) is 0 Å². The first kappa shape index (κ1) is 24.5. The molecule has 1 rings (SSSR count). The Kier molecular flexibility index (Phi) is 8.12. The molecule has 28 heavy (non-hydrogen) atoms. The number of esters is 2. The number of halogens is 4. The van der Waals surface area contributed by atoms with Gasteiger partial charge in [0.25, 0.3) is 0 Å². The Morgan fingerprint density at radius 1 is 1.18 bits per heavy atom. The highest BCUT2D eigenvalue weighted by molar-refractivity contribution is 14.1.